The largest absolute Gasteiger partial charge is 0.339 e. The molecule has 0 spiro atoms. The lowest BCUT2D eigenvalue weighted by atomic mass is 9.83. The number of nitrogens with zero attached hydrogens (tertiary/aromatic N) is 4. The second kappa shape index (κ2) is 10.2. The lowest BCUT2D eigenvalue weighted by Crippen LogP contribution is -2.49. The minimum atomic E-state index is -0.624. The van der Waals surface area contributed by atoms with Crippen molar-refractivity contribution in [1.82, 2.24) is 30.3 Å². The molecule has 1 fully saturated rings. The second-order valence-corrected chi connectivity index (χ2v) is 9.33. The highest BCUT2D eigenvalue weighted by Gasteiger charge is 2.32. The molecule has 1 aliphatic rings. The van der Waals surface area contributed by atoms with Gasteiger partial charge in [0.25, 0.3) is 5.91 Å². The molecule has 4 rings (SSSR count). The maximum atomic E-state index is 13.4. The zero-order valence-corrected chi connectivity index (χ0v) is 20.3. The minimum Gasteiger partial charge on any atom is -0.339 e. The smallest absolute Gasteiger partial charge is 0.270 e. The van der Waals surface area contributed by atoms with E-state index in [1.165, 1.54) is 0 Å². The van der Waals surface area contributed by atoms with Crippen LogP contribution in [-0.2, 0) is 4.79 Å². The van der Waals surface area contributed by atoms with Crippen molar-refractivity contribution in [2.45, 2.75) is 71.9 Å². The summed E-state index contributed by atoms with van der Waals surface area (Å²) in [4.78, 5) is 31.0. The Bertz CT molecular complexity index is 1120. The maximum absolute atomic E-state index is 13.4. The van der Waals surface area contributed by atoms with Crippen LogP contribution < -0.4 is 10.6 Å². The molecule has 2 amide bonds. The van der Waals surface area contributed by atoms with Gasteiger partial charge in [0.2, 0.25) is 5.91 Å². The fraction of sp³-hybridized carbons (Fsp3) is 0.480. The Kier molecular flexibility index (Phi) is 7.09. The zero-order valence-electron chi connectivity index (χ0n) is 20.3. The molecule has 1 atom stereocenters. The molecule has 0 radical (unpaired) electrons. The lowest BCUT2D eigenvalue weighted by Gasteiger charge is -2.30. The number of aromatic nitrogens is 5. The van der Waals surface area contributed by atoms with E-state index < -0.39 is 6.04 Å². The number of nitrogens with one attached hydrogen (secondary N) is 3. The molecular weight excluding hydrogens is 430 g/mol. The Balaban J connectivity index is 1.51. The molecule has 9 nitrogen and oxygen atoms in total. The van der Waals surface area contributed by atoms with E-state index in [-0.39, 0.29) is 23.8 Å². The number of aryl methyl sites for hydroxylation is 2. The van der Waals surface area contributed by atoms with E-state index in [2.05, 4.69) is 30.9 Å². The number of hydrogen-bond acceptors (Lipinski definition) is 5. The van der Waals surface area contributed by atoms with Gasteiger partial charge < -0.3 is 10.6 Å². The van der Waals surface area contributed by atoms with Crippen LogP contribution in [0.15, 0.2) is 30.6 Å². The number of amides is 2. The molecule has 1 saturated carbocycles. The highest BCUT2D eigenvalue weighted by atomic mass is 16.2. The number of aromatic amines is 1. The molecule has 180 valence electrons. The summed E-state index contributed by atoms with van der Waals surface area (Å²) in [6.07, 6.45) is 8.38. The summed E-state index contributed by atoms with van der Waals surface area (Å²) in [6, 6.07) is 4.81. The molecule has 34 heavy (non-hydrogen) atoms. The van der Waals surface area contributed by atoms with Crippen LogP contribution in [-0.4, -0.2) is 42.8 Å². The van der Waals surface area contributed by atoms with E-state index in [9.17, 15) is 9.59 Å². The lowest BCUT2D eigenvalue weighted by molar-refractivity contribution is -0.119. The first-order valence-electron chi connectivity index (χ1n) is 12.0. The van der Waals surface area contributed by atoms with Gasteiger partial charge in [-0.2, -0.15) is 10.2 Å². The topological polar surface area (TPSA) is 118 Å². The van der Waals surface area contributed by atoms with Gasteiger partial charge in [0.1, 0.15) is 11.7 Å². The summed E-state index contributed by atoms with van der Waals surface area (Å²) in [7, 11) is 0. The van der Waals surface area contributed by atoms with Crippen LogP contribution in [0.3, 0.4) is 0 Å². The Hall–Kier alpha value is -3.49. The molecule has 3 aromatic rings. The third-order valence-corrected chi connectivity index (χ3v) is 6.50. The summed E-state index contributed by atoms with van der Waals surface area (Å²) in [6.45, 7) is 7.82. The number of carbonyl (C=O) groups is 2. The minimum absolute atomic E-state index is 0.0461. The molecule has 0 bridgehead atoms. The van der Waals surface area contributed by atoms with Crippen LogP contribution in [0, 0.1) is 19.8 Å². The van der Waals surface area contributed by atoms with Gasteiger partial charge in [0.15, 0.2) is 0 Å². The summed E-state index contributed by atoms with van der Waals surface area (Å²) < 4.78 is 1.67. The van der Waals surface area contributed by atoms with Gasteiger partial charge in [0, 0.05) is 23.5 Å². The van der Waals surface area contributed by atoms with Crippen LogP contribution in [0.2, 0.25) is 0 Å². The van der Waals surface area contributed by atoms with Gasteiger partial charge in [-0.3, -0.25) is 24.4 Å². The maximum Gasteiger partial charge on any atom is 0.270 e. The fourth-order valence-electron chi connectivity index (χ4n) is 4.75. The van der Waals surface area contributed by atoms with Crippen LogP contribution in [0.5, 0.6) is 0 Å². The van der Waals surface area contributed by atoms with E-state index >= 15 is 0 Å². The Morgan fingerprint density at radius 1 is 1.12 bits per heavy atom. The third kappa shape index (κ3) is 5.03. The molecule has 9 heteroatoms. The highest BCUT2D eigenvalue weighted by Crippen LogP contribution is 2.28. The number of anilines is 1. The molecular formula is C25H33N7O2. The fourth-order valence-corrected chi connectivity index (χ4v) is 4.75. The first kappa shape index (κ1) is 23.7. The van der Waals surface area contributed by atoms with Gasteiger partial charge in [-0.15, -0.1) is 0 Å². The van der Waals surface area contributed by atoms with Crippen LogP contribution in [0.1, 0.15) is 73.9 Å². The van der Waals surface area contributed by atoms with Crippen molar-refractivity contribution in [3.8, 4) is 11.3 Å². The van der Waals surface area contributed by atoms with Crippen molar-refractivity contribution < 1.29 is 9.59 Å². The Morgan fingerprint density at radius 3 is 2.50 bits per heavy atom. The zero-order chi connectivity index (χ0) is 24.2. The van der Waals surface area contributed by atoms with Gasteiger partial charge in [-0.1, -0.05) is 19.3 Å². The van der Waals surface area contributed by atoms with Crippen molar-refractivity contribution in [1.29, 1.82) is 0 Å². The molecule has 3 aromatic heterocycles. The van der Waals surface area contributed by atoms with E-state index in [0.717, 1.165) is 54.7 Å². The quantitative estimate of drug-likeness (QED) is 0.486. The Morgan fingerprint density at radius 2 is 1.88 bits per heavy atom. The predicted molar refractivity (Wildman–Crippen MR) is 130 cm³/mol. The number of rotatable bonds is 7. The summed E-state index contributed by atoms with van der Waals surface area (Å²) in [5.41, 5.74) is 4.63. The first-order chi connectivity index (χ1) is 16.3. The second-order valence-electron chi connectivity index (χ2n) is 9.33. The van der Waals surface area contributed by atoms with E-state index in [0.29, 0.717) is 11.4 Å². The predicted octanol–water partition coefficient (Wildman–Crippen LogP) is 4.18. The summed E-state index contributed by atoms with van der Waals surface area (Å²) >= 11 is 0. The average molecular weight is 464 g/mol. The van der Waals surface area contributed by atoms with Crippen LogP contribution in [0.25, 0.3) is 11.3 Å². The molecule has 1 unspecified atom stereocenters. The Labute approximate surface area is 199 Å². The molecule has 0 aromatic carbocycles. The SMILES string of the molecule is Cc1n[nH]c(C)c1-c1ccc(NC(=O)C(NC(=O)c2ccnn2C(C)C)C2CCCCC2)cn1. The van der Waals surface area contributed by atoms with Crippen molar-refractivity contribution >= 4 is 17.5 Å². The highest BCUT2D eigenvalue weighted by molar-refractivity contribution is 6.00. The summed E-state index contributed by atoms with van der Waals surface area (Å²) in [5.74, 6) is -0.408. The van der Waals surface area contributed by atoms with Crippen molar-refractivity contribution in [3.63, 3.8) is 0 Å². The first-order valence-corrected chi connectivity index (χ1v) is 12.0. The van der Waals surface area contributed by atoms with E-state index in [1.807, 2.05) is 39.8 Å². The number of H-pyrrole nitrogens is 1. The molecule has 0 saturated heterocycles. The molecule has 3 heterocycles. The number of hydrogen-bond donors (Lipinski definition) is 3. The standard InChI is InChI=1S/C25H33N7O2/c1-15(2)32-21(12-13-27-32)24(33)29-23(18-8-6-5-7-9-18)25(34)28-19-10-11-20(26-14-19)22-16(3)30-31-17(22)4/h10-15,18,23H,5-9H2,1-4H3,(H,28,34)(H,29,33)(H,30,31). The average Bonchev–Trinajstić information content (AvgIpc) is 3.45. The van der Waals surface area contributed by atoms with E-state index in [1.54, 1.807) is 23.1 Å². The molecule has 0 aliphatic heterocycles. The summed E-state index contributed by atoms with van der Waals surface area (Å²) in [5, 5.41) is 17.4. The van der Waals surface area contributed by atoms with Crippen molar-refractivity contribution in [3.05, 3.63) is 47.7 Å². The van der Waals surface area contributed by atoms with Gasteiger partial charge in [0.05, 0.1) is 23.3 Å². The van der Waals surface area contributed by atoms with Crippen LogP contribution >= 0.6 is 0 Å². The van der Waals surface area contributed by atoms with Gasteiger partial charge >= 0.3 is 0 Å². The third-order valence-electron chi connectivity index (χ3n) is 6.50. The van der Waals surface area contributed by atoms with Crippen LogP contribution in [0.4, 0.5) is 5.69 Å². The number of pyridine rings is 1. The van der Waals surface area contributed by atoms with E-state index in [4.69, 9.17) is 0 Å². The normalized spacial score (nSPS) is 15.3. The van der Waals surface area contributed by atoms with Gasteiger partial charge in [-0.05, 0) is 64.7 Å². The molecule has 1 aliphatic carbocycles. The van der Waals surface area contributed by atoms with Crippen molar-refractivity contribution in [2.24, 2.45) is 5.92 Å². The van der Waals surface area contributed by atoms with Gasteiger partial charge in [-0.25, -0.2) is 0 Å². The van der Waals surface area contributed by atoms with Crippen molar-refractivity contribution in [2.75, 3.05) is 5.32 Å². The number of carbonyl (C=O) groups excluding carboxylic acids is 2. The molecule has 3 N–H and O–H groups in total. The monoisotopic (exact) mass is 463 g/mol.